The van der Waals surface area contributed by atoms with E-state index < -0.39 is 5.97 Å². The zero-order chi connectivity index (χ0) is 16.8. The largest absolute Gasteiger partial charge is 0.495 e. The van der Waals surface area contributed by atoms with Crippen LogP contribution >= 0.6 is 15.9 Å². The third-order valence-corrected chi connectivity index (χ3v) is 4.15. The van der Waals surface area contributed by atoms with Crippen LogP contribution in [0.15, 0.2) is 16.6 Å². The lowest BCUT2D eigenvalue weighted by atomic mass is 10.2. The summed E-state index contributed by atoms with van der Waals surface area (Å²) in [5, 5.41) is 0. The zero-order valence-electron chi connectivity index (χ0n) is 13.0. The number of rotatable bonds is 5. The lowest BCUT2D eigenvalue weighted by Gasteiger charge is -2.26. The van der Waals surface area contributed by atoms with E-state index in [2.05, 4.69) is 15.9 Å². The highest BCUT2D eigenvalue weighted by Gasteiger charge is 2.20. The van der Waals surface area contributed by atoms with Gasteiger partial charge in [-0.15, -0.1) is 0 Å². The van der Waals surface area contributed by atoms with E-state index in [-0.39, 0.29) is 18.1 Å². The summed E-state index contributed by atoms with van der Waals surface area (Å²) in [4.78, 5) is 25.7. The van der Waals surface area contributed by atoms with Crippen LogP contribution in [0.2, 0.25) is 0 Å². The van der Waals surface area contributed by atoms with Crippen molar-refractivity contribution in [2.75, 3.05) is 47.1 Å². The molecule has 0 bridgehead atoms. The van der Waals surface area contributed by atoms with Gasteiger partial charge in [-0.1, -0.05) is 0 Å². The molecule has 1 aromatic rings. The second kappa shape index (κ2) is 8.16. The Morgan fingerprint density at radius 3 is 2.26 bits per heavy atom. The lowest BCUT2D eigenvalue weighted by molar-refractivity contribution is -0.138. The summed E-state index contributed by atoms with van der Waals surface area (Å²) in [5.41, 5.74) is 0.247. The summed E-state index contributed by atoms with van der Waals surface area (Å²) in [6.07, 6.45) is 0. The van der Waals surface area contributed by atoms with Crippen molar-refractivity contribution in [2.45, 2.75) is 0 Å². The molecule has 23 heavy (non-hydrogen) atoms. The molecular formula is C15H18BrNO6. The number of carbonyl (C=O) groups is 2. The molecule has 0 unspecified atom stereocenters. The molecule has 1 aromatic carbocycles. The Morgan fingerprint density at radius 2 is 1.74 bits per heavy atom. The minimum absolute atomic E-state index is 0.238. The highest BCUT2D eigenvalue weighted by molar-refractivity contribution is 9.10. The maximum Gasteiger partial charge on any atom is 0.338 e. The van der Waals surface area contributed by atoms with Gasteiger partial charge in [0.15, 0.2) is 6.61 Å². The standard InChI is InChI=1S/C15H18BrNO6/c1-20-11-7-10(8-12(21-2)14(11)16)15(19)23-9-13(18)17-3-5-22-6-4-17/h7-8H,3-6,9H2,1-2H3. The van der Waals surface area contributed by atoms with Gasteiger partial charge >= 0.3 is 5.97 Å². The molecule has 0 N–H and O–H groups in total. The highest BCUT2D eigenvalue weighted by Crippen LogP contribution is 2.35. The Balaban J connectivity index is 2.01. The number of ether oxygens (including phenoxy) is 4. The predicted molar refractivity (Wildman–Crippen MR) is 84.9 cm³/mol. The fourth-order valence-corrected chi connectivity index (χ4v) is 2.65. The number of amides is 1. The summed E-state index contributed by atoms with van der Waals surface area (Å²) in [6, 6.07) is 3.04. The minimum atomic E-state index is -0.615. The monoisotopic (exact) mass is 387 g/mol. The third kappa shape index (κ3) is 4.35. The van der Waals surface area contributed by atoms with E-state index in [1.807, 2.05) is 0 Å². The van der Waals surface area contributed by atoms with Crippen molar-refractivity contribution < 1.29 is 28.5 Å². The Hall–Kier alpha value is -1.80. The van der Waals surface area contributed by atoms with Gasteiger partial charge in [-0.3, -0.25) is 4.79 Å². The maximum atomic E-state index is 12.1. The highest BCUT2D eigenvalue weighted by atomic mass is 79.9. The molecule has 126 valence electrons. The molecule has 1 heterocycles. The molecule has 0 spiro atoms. The Morgan fingerprint density at radius 1 is 1.17 bits per heavy atom. The first kappa shape index (κ1) is 17.6. The number of hydrogen-bond acceptors (Lipinski definition) is 6. The molecule has 0 aromatic heterocycles. The van der Waals surface area contributed by atoms with Crippen LogP contribution in [0.1, 0.15) is 10.4 Å². The van der Waals surface area contributed by atoms with Crippen LogP contribution in [0.4, 0.5) is 0 Å². The molecule has 1 amide bonds. The van der Waals surface area contributed by atoms with Gasteiger partial charge in [-0.25, -0.2) is 4.79 Å². The van der Waals surface area contributed by atoms with Gasteiger partial charge in [0.05, 0.1) is 33.0 Å². The molecule has 7 nitrogen and oxygen atoms in total. The number of halogens is 1. The summed E-state index contributed by atoms with van der Waals surface area (Å²) in [7, 11) is 2.97. The Labute approximate surface area is 142 Å². The van der Waals surface area contributed by atoms with Gasteiger partial charge in [0.1, 0.15) is 16.0 Å². The summed E-state index contributed by atoms with van der Waals surface area (Å²) in [6.45, 7) is 1.72. The smallest absolute Gasteiger partial charge is 0.338 e. The van der Waals surface area contributed by atoms with E-state index in [0.29, 0.717) is 42.3 Å². The van der Waals surface area contributed by atoms with Gasteiger partial charge in [0, 0.05) is 13.1 Å². The van der Waals surface area contributed by atoms with Crippen molar-refractivity contribution in [1.29, 1.82) is 0 Å². The number of methoxy groups -OCH3 is 2. The first-order valence-corrected chi connectivity index (χ1v) is 7.80. The average Bonchev–Trinajstić information content (AvgIpc) is 2.60. The second-order valence-electron chi connectivity index (χ2n) is 4.76. The van der Waals surface area contributed by atoms with Crippen LogP contribution in [0.3, 0.4) is 0 Å². The van der Waals surface area contributed by atoms with E-state index in [4.69, 9.17) is 18.9 Å². The fraction of sp³-hybridized carbons (Fsp3) is 0.467. The van der Waals surface area contributed by atoms with Crippen molar-refractivity contribution in [3.05, 3.63) is 22.2 Å². The van der Waals surface area contributed by atoms with Crippen LogP contribution in [0.25, 0.3) is 0 Å². The summed E-state index contributed by atoms with van der Waals surface area (Å²) in [5.74, 6) is 0.0278. The molecule has 8 heteroatoms. The number of nitrogens with zero attached hydrogens (tertiary/aromatic N) is 1. The van der Waals surface area contributed by atoms with E-state index in [1.165, 1.54) is 26.4 Å². The average molecular weight is 388 g/mol. The normalized spacial score (nSPS) is 14.3. The number of benzene rings is 1. The first-order chi connectivity index (χ1) is 11.1. The second-order valence-corrected chi connectivity index (χ2v) is 5.56. The molecule has 0 saturated carbocycles. The Kier molecular flexibility index (Phi) is 6.23. The van der Waals surface area contributed by atoms with Crippen LogP contribution in [0, 0.1) is 0 Å². The summed E-state index contributed by atoms with van der Waals surface area (Å²) >= 11 is 3.32. The van der Waals surface area contributed by atoms with Gasteiger partial charge < -0.3 is 23.8 Å². The topological polar surface area (TPSA) is 74.3 Å². The fourth-order valence-electron chi connectivity index (χ4n) is 2.10. The van der Waals surface area contributed by atoms with Crippen LogP contribution in [0.5, 0.6) is 11.5 Å². The SMILES string of the molecule is COc1cc(C(=O)OCC(=O)N2CCOCC2)cc(OC)c1Br. The summed E-state index contributed by atoms with van der Waals surface area (Å²) < 4.78 is 21.2. The molecule has 1 saturated heterocycles. The molecule has 2 rings (SSSR count). The Bertz CT molecular complexity index is 560. The number of hydrogen-bond donors (Lipinski definition) is 0. The zero-order valence-corrected chi connectivity index (χ0v) is 14.6. The number of carbonyl (C=O) groups excluding carboxylic acids is 2. The van der Waals surface area contributed by atoms with E-state index >= 15 is 0 Å². The number of morpholine rings is 1. The van der Waals surface area contributed by atoms with E-state index in [0.717, 1.165) is 0 Å². The quantitative estimate of drug-likeness (QED) is 0.712. The predicted octanol–water partition coefficient (Wildman–Crippen LogP) is 1.48. The molecule has 0 atom stereocenters. The molecular weight excluding hydrogens is 370 g/mol. The van der Waals surface area contributed by atoms with E-state index in [9.17, 15) is 9.59 Å². The molecule has 0 radical (unpaired) electrons. The van der Waals surface area contributed by atoms with Crippen molar-refractivity contribution in [1.82, 2.24) is 4.90 Å². The van der Waals surface area contributed by atoms with Crippen LogP contribution in [-0.4, -0.2) is 63.9 Å². The minimum Gasteiger partial charge on any atom is -0.495 e. The van der Waals surface area contributed by atoms with Crippen LogP contribution < -0.4 is 9.47 Å². The molecule has 0 aliphatic carbocycles. The van der Waals surface area contributed by atoms with Gasteiger partial charge in [0.25, 0.3) is 5.91 Å². The van der Waals surface area contributed by atoms with Gasteiger partial charge in [-0.2, -0.15) is 0 Å². The number of esters is 1. The molecule has 1 aliphatic heterocycles. The lowest BCUT2D eigenvalue weighted by Crippen LogP contribution is -2.42. The van der Waals surface area contributed by atoms with Crippen LogP contribution in [-0.2, 0) is 14.3 Å². The van der Waals surface area contributed by atoms with Gasteiger partial charge in [0.2, 0.25) is 0 Å². The van der Waals surface area contributed by atoms with Crippen molar-refractivity contribution in [2.24, 2.45) is 0 Å². The maximum absolute atomic E-state index is 12.1. The van der Waals surface area contributed by atoms with Crippen molar-refractivity contribution in [3.63, 3.8) is 0 Å². The molecule has 1 aliphatic rings. The van der Waals surface area contributed by atoms with Crippen molar-refractivity contribution >= 4 is 27.8 Å². The third-order valence-electron chi connectivity index (χ3n) is 3.37. The van der Waals surface area contributed by atoms with Crippen molar-refractivity contribution in [3.8, 4) is 11.5 Å². The van der Waals surface area contributed by atoms with E-state index in [1.54, 1.807) is 4.90 Å². The van der Waals surface area contributed by atoms with Gasteiger partial charge in [-0.05, 0) is 28.1 Å². The first-order valence-electron chi connectivity index (χ1n) is 7.01. The molecule has 1 fully saturated rings.